The highest BCUT2D eigenvalue weighted by Gasteiger charge is 2.30. The van der Waals surface area contributed by atoms with E-state index in [1.165, 1.54) is 128 Å². The third-order valence-corrected chi connectivity index (χ3v) is 19.0. The van der Waals surface area contributed by atoms with E-state index in [2.05, 4.69) is 72.8 Å². The van der Waals surface area contributed by atoms with Crippen LogP contribution in [0.1, 0.15) is 337 Å². The Morgan fingerprint density at radius 2 is 0.615 bits per heavy atom. The number of phosphoric acid groups is 2. The lowest BCUT2D eigenvalue weighted by Crippen LogP contribution is -2.30. The van der Waals surface area contributed by atoms with Gasteiger partial charge in [0.1, 0.15) is 19.3 Å². The minimum atomic E-state index is -4.96. The van der Waals surface area contributed by atoms with Crippen molar-refractivity contribution in [1.82, 2.24) is 0 Å². The van der Waals surface area contributed by atoms with Gasteiger partial charge in [-0.05, 0) is 69.1 Å². The van der Waals surface area contributed by atoms with Crippen LogP contribution in [0.2, 0.25) is 0 Å². The number of carbonyl (C=O) groups is 4. The molecule has 0 heterocycles. The molecule has 0 radical (unpaired) electrons. The van der Waals surface area contributed by atoms with Crippen LogP contribution in [0.4, 0.5) is 0 Å². The molecular weight excluding hydrogens is 1200 g/mol. The van der Waals surface area contributed by atoms with Crippen LogP contribution in [0.25, 0.3) is 0 Å². The summed E-state index contributed by atoms with van der Waals surface area (Å²) in [7, 11) is -9.92. The van der Waals surface area contributed by atoms with Crippen molar-refractivity contribution in [2.24, 2.45) is 17.8 Å². The second kappa shape index (κ2) is 62.4. The van der Waals surface area contributed by atoms with Gasteiger partial charge in [-0.1, -0.05) is 285 Å². The van der Waals surface area contributed by atoms with Crippen molar-refractivity contribution in [3.8, 4) is 0 Å². The van der Waals surface area contributed by atoms with E-state index in [9.17, 15) is 43.2 Å². The first-order valence-electron chi connectivity index (χ1n) is 36.8. The number of allylic oxidation sites excluding steroid dienone is 4. The highest BCUT2D eigenvalue weighted by atomic mass is 31.2. The fourth-order valence-electron chi connectivity index (χ4n) is 10.3. The zero-order chi connectivity index (χ0) is 67.3. The molecule has 0 bridgehead atoms. The molecule has 0 amide bonds. The monoisotopic (exact) mass is 1330 g/mol. The van der Waals surface area contributed by atoms with Crippen molar-refractivity contribution in [1.29, 1.82) is 0 Å². The third kappa shape index (κ3) is 62.1. The summed E-state index contributed by atoms with van der Waals surface area (Å²) in [6, 6.07) is 0. The molecule has 0 spiro atoms. The highest BCUT2D eigenvalue weighted by molar-refractivity contribution is 7.47. The number of hydrogen-bond donors (Lipinski definition) is 3. The van der Waals surface area contributed by atoms with E-state index in [0.717, 1.165) is 127 Å². The van der Waals surface area contributed by atoms with E-state index in [-0.39, 0.29) is 25.7 Å². The number of rotatable bonds is 68. The maximum absolute atomic E-state index is 13.0. The summed E-state index contributed by atoms with van der Waals surface area (Å²) in [6.45, 7) is 11.8. The molecule has 91 heavy (non-hydrogen) atoms. The number of aliphatic hydroxyl groups is 1. The fraction of sp³-hybridized carbons (Fsp3) is 0.889. The fourth-order valence-corrected chi connectivity index (χ4v) is 11.8. The van der Waals surface area contributed by atoms with Gasteiger partial charge in [0.2, 0.25) is 0 Å². The summed E-state index contributed by atoms with van der Waals surface area (Å²) in [5.41, 5.74) is 0. The van der Waals surface area contributed by atoms with Crippen molar-refractivity contribution < 1.29 is 80.2 Å². The maximum atomic E-state index is 13.0. The van der Waals surface area contributed by atoms with Gasteiger partial charge in [-0.3, -0.25) is 37.3 Å². The van der Waals surface area contributed by atoms with Crippen LogP contribution in [0.5, 0.6) is 0 Å². The Hall–Kier alpha value is -2.46. The molecule has 0 fully saturated rings. The summed E-state index contributed by atoms with van der Waals surface area (Å²) in [5.74, 6) is 0.147. The molecule has 0 aromatic heterocycles. The maximum Gasteiger partial charge on any atom is 0.472 e. The molecule has 0 saturated heterocycles. The van der Waals surface area contributed by atoms with Gasteiger partial charge < -0.3 is 33.8 Å². The molecule has 536 valence electrons. The first-order valence-corrected chi connectivity index (χ1v) is 39.8. The lowest BCUT2D eigenvalue weighted by Gasteiger charge is -2.21. The molecule has 0 aliphatic carbocycles. The quantitative estimate of drug-likeness (QED) is 0.0169. The molecule has 17 nitrogen and oxygen atoms in total. The molecule has 0 aliphatic heterocycles. The summed E-state index contributed by atoms with van der Waals surface area (Å²) < 4.78 is 68.3. The minimum absolute atomic E-state index is 0.0843. The van der Waals surface area contributed by atoms with Gasteiger partial charge in [0, 0.05) is 25.7 Å². The summed E-state index contributed by atoms with van der Waals surface area (Å²) in [6.07, 6.45) is 49.3. The Kier molecular flexibility index (Phi) is 60.7. The number of carbonyl (C=O) groups excluding carboxylic acids is 4. The van der Waals surface area contributed by atoms with Crippen LogP contribution in [0, 0.1) is 17.8 Å². The molecule has 0 aromatic rings. The minimum Gasteiger partial charge on any atom is -0.462 e. The second-order valence-electron chi connectivity index (χ2n) is 26.0. The lowest BCUT2D eigenvalue weighted by atomic mass is 9.99. The van der Waals surface area contributed by atoms with Crippen LogP contribution in [-0.4, -0.2) is 96.7 Å². The summed E-state index contributed by atoms with van der Waals surface area (Å²) in [5, 5.41) is 10.6. The third-order valence-electron chi connectivity index (χ3n) is 17.1. The van der Waals surface area contributed by atoms with Crippen LogP contribution in [0.3, 0.4) is 0 Å². The number of phosphoric ester groups is 2. The van der Waals surface area contributed by atoms with Gasteiger partial charge in [-0.15, -0.1) is 0 Å². The standard InChI is InChI=1S/C72H136O17P2/c1-8-12-13-14-15-16-17-18-19-20-21-26-32-41-48-55-71(76)88-67(59-82-69(74)53-46-39-31-25-23-22-24-29-36-43-50-63(5)9-2)61-86-90(78,79)84-57-66(73)58-85-91(80,81)87-62-68(60-83-70(75)54-47-40-35-34-38-45-52-65(7)11-4)89-72(77)56-49-42-33-28-27-30-37-44-51-64(6)10-3/h16-19,63-68,73H,8-15,20-62H2,1-7H3,(H,78,79)(H,80,81)/b17-16-,19-18-/t63?,64?,65?,66-,67-,68-/m1/s1. The number of aliphatic hydroxyl groups excluding tert-OH is 1. The molecule has 8 atom stereocenters. The van der Waals surface area contributed by atoms with Crippen molar-refractivity contribution in [3.05, 3.63) is 24.3 Å². The Labute approximate surface area is 554 Å². The lowest BCUT2D eigenvalue weighted by molar-refractivity contribution is -0.161. The van der Waals surface area contributed by atoms with Crippen molar-refractivity contribution in [2.45, 2.75) is 356 Å². The van der Waals surface area contributed by atoms with Crippen LogP contribution < -0.4 is 0 Å². The molecule has 0 aliphatic rings. The van der Waals surface area contributed by atoms with Crippen molar-refractivity contribution in [3.63, 3.8) is 0 Å². The topological polar surface area (TPSA) is 237 Å². The van der Waals surface area contributed by atoms with Crippen molar-refractivity contribution >= 4 is 39.5 Å². The molecule has 0 saturated carbocycles. The van der Waals surface area contributed by atoms with Crippen LogP contribution in [0.15, 0.2) is 24.3 Å². The largest absolute Gasteiger partial charge is 0.472 e. The van der Waals surface area contributed by atoms with E-state index in [1.54, 1.807) is 0 Å². The summed E-state index contributed by atoms with van der Waals surface area (Å²) >= 11 is 0. The first kappa shape index (κ1) is 88.5. The normalized spacial score (nSPS) is 15.2. The van der Waals surface area contributed by atoms with E-state index in [1.807, 2.05) is 0 Å². The number of unbranched alkanes of at least 4 members (excludes halogenated alkanes) is 30. The van der Waals surface area contributed by atoms with Gasteiger partial charge in [0.15, 0.2) is 12.2 Å². The SMILES string of the molecule is CCCCCC/C=C\C=C/CCCCCCCC(=O)O[C@H](COC(=O)CCCCCCCCCCCCC(C)CC)COP(=O)(O)OC[C@@H](O)COP(=O)(O)OC[C@@H](COC(=O)CCCCCCCCC(C)CC)OC(=O)CCCCCCCCCCC(C)CC. The molecule has 0 rings (SSSR count). The Balaban J connectivity index is 5.31. The first-order chi connectivity index (χ1) is 43.8. The average Bonchev–Trinajstić information content (AvgIpc) is 2.46. The predicted octanol–water partition coefficient (Wildman–Crippen LogP) is 20.2. The van der Waals surface area contributed by atoms with Gasteiger partial charge >= 0.3 is 39.5 Å². The predicted molar refractivity (Wildman–Crippen MR) is 367 cm³/mol. The summed E-state index contributed by atoms with van der Waals surface area (Å²) in [4.78, 5) is 72.6. The molecule has 5 unspecified atom stereocenters. The highest BCUT2D eigenvalue weighted by Crippen LogP contribution is 2.45. The van der Waals surface area contributed by atoms with Gasteiger partial charge in [0.25, 0.3) is 0 Å². The van der Waals surface area contributed by atoms with Crippen LogP contribution >= 0.6 is 15.6 Å². The Morgan fingerprint density at radius 3 is 0.923 bits per heavy atom. The van der Waals surface area contributed by atoms with Gasteiger partial charge in [0.05, 0.1) is 26.4 Å². The van der Waals surface area contributed by atoms with E-state index < -0.39 is 97.5 Å². The second-order valence-corrected chi connectivity index (χ2v) is 28.9. The van der Waals surface area contributed by atoms with Crippen LogP contribution in [-0.2, 0) is 65.4 Å². The molecule has 19 heteroatoms. The average molecular weight is 1340 g/mol. The molecule has 0 aromatic carbocycles. The van der Waals surface area contributed by atoms with E-state index in [4.69, 9.17) is 37.0 Å². The number of ether oxygens (including phenoxy) is 4. The van der Waals surface area contributed by atoms with E-state index >= 15 is 0 Å². The van der Waals surface area contributed by atoms with Gasteiger partial charge in [-0.2, -0.15) is 0 Å². The zero-order valence-electron chi connectivity index (χ0n) is 58.8. The Bertz CT molecular complexity index is 1880. The zero-order valence-corrected chi connectivity index (χ0v) is 60.6. The van der Waals surface area contributed by atoms with Crippen molar-refractivity contribution in [2.75, 3.05) is 39.6 Å². The smallest absolute Gasteiger partial charge is 0.462 e. The Morgan fingerprint density at radius 1 is 0.352 bits per heavy atom. The molecule has 3 N–H and O–H groups in total. The number of esters is 4. The van der Waals surface area contributed by atoms with Gasteiger partial charge in [-0.25, -0.2) is 9.13 Å². The number of hydrogen-bond acceptors (Lipinski definition) is 15. The van der Waals surface area contributed by atoms with E-state index in [0.29, 0.717) is 25.7 Å². The molecular formula is C72H136O17P2.